The zero-order valence-electron chi connectivity index (χ0n) is 18.1. The van der Waals surface area contributed by atoms with Crippen LogP contribution in [0.2, 0.25) is 0 Å². The number of hydrogen-bond acceptors (Lipinski definition) is 3. The minimum atomic E-state index is 0.899. The van der Waals surface area contributed by atoms with Crippen LogP contribution in [-0.4, -0.2) is 0 Å². The van der Waals surface area contributed by atoms with Gasteiger partial charge >= 0.3 is 0 Å². The van der Waals surface area contributed by atoms with Crippen LogP contribution < -0.4 is 9.80 Å². The Bertz CT molecular complexity index is 1130. The van der Waals surface area contributed by atoms with Gasteiger partial charge in [0, 0.05) is 39.0 Å². The van der Waals surface area contributed by atoms with Gasteiger partial charge in [-0.15, -0.1) is 12.6 Å². The van der Waals surface area contributed by atoms with Crippen LogP contribution >= 0.6 is 12.6 Å². The van der Waals surface area contributed by atoms with Gasteiger partial charge in [0.05, 0.1) is 0 Å². The van der Waals surface area contributed by atoms with Gasteiger partial charge in [-0.2, -0.15) is 0 Å². The summed E-state index contributed by atoms with van der Waals surface area (Å²) in [6.07, 6.45) is 0. The van der Waals surface area contributed by atoms with Crippen molar-refractivity contribution in [2.45, 2.75) is 4.90 Å². The average molecular weight is 445 g/mol. The summed E-state index contributed by atoms with van der Waals surface area (Å²) >= 11 is 4.81. The second-order valence-corrected chi connectivity index (χ2v) is 8.24. The SMILES string of the molecule is Sc1cc(N(c2ccccc2)c2ccccc2)cc(N(c2ccccc2)c2ccccc2)c1. The molecular formula is C30H24N2S. The van der Waals surface area contributed by atoms with E-state index in [1.54, 1.807) is 0 Å². The molecule has 0 N–H and O–H groups in total. The lowest BCUT2D eigenvalue weighted by molar-refractivity contribution is 1.22. The Morgan fingerprint density at radius 1 is 0.333 bits per heavy atom. The van der Waals surface area contributed by atoms with Gasteiger partial charge in [0.2, 0.25) is 0 Å². The molecule has 0 bridgehead atoms. The van der Waals surface area contributed by atoms with Gasteiger partial charge in [-0.1, -0.05) is 72.8 Å². The van der Waals surface area contributed by atoms with Crippen LogP contribution in [-0.2, 0) is 0 Å². The molecule has 0 unspecified atom stereocenters. The van der Waals surface area contributed by atoms with Crippen molar-refractivity contribution < 1.29 is 0 Å². The van der Waals surface area contributed by atoms with Crippen LogP contribution in [0.4, 0.5) is 34.1 Å². The fourth-order valence-corrected chi connectivity index (χ4v) is 4.30. The molecule has 5 rings (SSSR count). The third-order valence-corrected chi connectivity index (χ3v) is 5.72. The molecule has 3 heteroatoms. The van der Waals surface area contributed by atoms with Gasteiger partial charge in [-0.05, 0) is 66.7 Å². The molecule has 0 spiro atoms. The number of thiol groups is 1. The van der Waals surface area contributed by atoms with E-state index in [0.717, 1.165) is 39.0 Å². The molecular weight excluding hydrogens is 420 g/mol. The zero-order chi connectivity index (χ0) is 22.5. The fraction of sp³-hybridized carbons (Fsp3) is 0. The maximum absolute atomic E-state index is 4.81. The molecule has 0 atom stereocenters. The highest BCUT2D eigenvalue weighted by molar-refractivity contribution is 7.80. The van der Waals surface area contributed by atoms with Gasteiger partial charge in [-0.3, -0.25) is 0 Å². The first-order chi connectivity index (χ1) is 16.3. The van der Waals surface area contributed by atoms with Crippen molar-refractivity contribution in [3.8, 4) is 0 Å². The van der Waals surface area contributed by atoms with Crippen LogP contribution in [0.1, 0.15) is 0 Å². The Kier molecular flexibility index (Phi) is 6.14. The van der Waals surface area contributed by atoms with Crippen LogP contribution in [0.25, 0.3) is 0 Å². The lowest BCUT2D eigenvalue weighted by Gasteiger charge is -2.29. The molecule has 0 radical (unpaired) electrons. The van der Waals surface area contributed by atoms with Gasteiger partial charge in [0.15, 0.2) is 0 Å². The summed E-state index contributed by atoms with van der Waals surface area (Å²) in [5.41, 5.74) is 6.48. The second-order valence-electron chi connectivity index (χ2n) is 7.72. The van der Waals surface area contributed by atoms with Crippen molar-refractivity contribution in [3.05, 3.63) is 140 Å². The monoisotopic (exact) mass is 444 g/mol. The highest BCUT2D eigenvalue weighted by atomic mass is 32.1. The topological polar surface area (TPSA) is 6.48 Å². The first-order valence-corrected chi connectivity index (χ1v) is 11.4. The van der Waals surface area contributed by atoms with Crippen molar-refractivity contribution in [1.82, 2.24) is 0 Å². The van der Waals surface area contributed by atoms with Gasteiger partial charge in [0.1, 0.15) is 0 Å². The first-order valence-electron chi connectivity index (χ1n) is 10.9. The number of nitrogens with zero attached hydrogens (tertiary/aromatic N) is 2. The zero-order valence-corrected chi connectivity index (χ0v) is 19.0. The Morgan fingerprint density at radius 2 is 0.606 bits per heavy atom. The molecule has 5 aromatic carbocycles. The quantitative estimate of drug-likeness (QED) is 0.261. The summed E-state index contributed by atoms with van der Waals surface area (Å²) in [4.78, 5) is 5.42. The molecule has 160 valence electrons. The van der Waals surface area contributed by atoms with Crippen LogP contribution in [0.15, 0.2) is 144 Å². The Labute approximate surface area is 200 Å². The standard InChI is InChI=1S/C30H24N2S/c33-30-22-28(31(24-13-5-1-6-14-24)25-15-7-2-8-16-25)21-29(23-30)32(26-17-9-3-10-18-26)27-19-11-4-12-20-27/h1-23,33H. The average Bonchev–Trinajstić information content (AvgIpc) is 2.87. The van der Waals surface area contributed by atoms with E-state index >= 15 is 0 Å². The number of para-hydroxylation sites is 4. The number of benzene rings is 5. The van der Waals surface area contributed by atoms with E-state index in [1.807, 2.05) is 24.3 Å². The predicted octanol–water partition coefficient (Wildman–Crippen LogP) is 8.91. The third kappa shape index (κ3) is 4.64. The maximum atomic E-state index is 4.81. The summed E-state index contributed by atoms with van der Waals surface area (Å²) in [6, 6.07) is 48.2. The van der Waals surface area contributed by atoms with Crippen LogP contribution in [0.5, 0.6) is 0 Å². The molecule has 0 aromatic heterocycles. The molecule has 5 aromatic rings. The minimum Gasteiger partial charge on any atom is -0.310 e. The molecule has 0 fully saturated rings. The van der Waals surface area contributed by atoms with Crippen molar-refractivity contribution in [3.63, 3.8) is 0 Å². The van der Waals surface area contributed by atoms with E-state index in [9.17, 15) is 0 Å². The summed E-state index contributed by atoms with van der Waals surface area (Å²) < 4.78 is 0. The molecule has 0 amide bonds. The normalized spacial score (nSPS) is 10.6. The summed E-state index contributed by atoms with van der Waals surface area (Å²) in [5, 5.41) is 0. The van der Waals surface area contributed by atoms with E-state index in [-0.39, 0.29) is 0 Å². The molecule has 0 aliphatic carbocycles. The molecule has 0 aliphatic rings. The van der Waals surface area contributed by atoms with E-state index < -0.39 is 0 Å². The molecule has 2 nitrogen and oxygen atoms in total. The van der Waals surface area contributed by atoms with Crippen molar-refractivity contribution in [2.75, 3.05) is 9.80 Å². The number of anilines is 6. The maximum Gasteiger partial charge on any atom is 0.0493 e. The van der Waals surface area contributed by atoms with E-state index in [1.165, 1.54) is 0 Å². The molecule has 0 aliphatic heterocycles. The Hall–Kier alpha value is -3.95. The molecule has 0 heterocycles. The molecule has 0 saturated carbocycles. The van der Waals surface area contributed by atoms with Crippen molar-refractivity contribution in [1.29, 1.82) is 0 Å². The molecule has 33 heavy (non-hydrogen) atoms. The van der Waals surface area contributed by atoms with Crippen LogP contribution in [0.3, 0.4) is 0 Å². The van der Waals surface area contributed by atoms with Crippen LogP contribution in [0, 0.1) is 0 Å². The lowest BCUT2D eigenvalue weighted by atomic mass is 10.1. The number of hydrogen-bond donors (Lipinski definition) is 1. The molecule has 0 saturated heterocycles. The smallest absolute Gasteiger partial charge is 0.0493 e. The van der Waals surface area contributed by atoms with Gasteiger partial charge in [0.25, 0.3) is 0 Å². The highest BCUT2D eigenvalue weighted by Crippen LogP contribution is 2.41. The Balaban J connectivity index is 1.69. The Morgan fingerprint density at radius 3 is 0.879 bits per heavy atom. The largest absolute Gasteiger partial charge is 0.310 e. The van der Waals surface area contributed by atoms with E-state index in [0.29, 0.717) is 0 Å². The van der Waals surface area contributed by atoms with E-state index in [2.05, 4.69) is 125 Å². The first kappa shape index (κ1) is 20.9. The number of rotatable bonds is 6. The van der Waals surface area contributed by atoms with Gasteiger partial charge < -0.3 is 9.80 Å². The highest BCUT2D eigenvalue weighted by Gasteiger charge is 2.17. The summed E-state index contributed by atoms with van der Waals surface area (Å²) in [5.74, 6) is 0. The summed E-state index contributed by atoms with van der Waals surface area (Å²) in [6.45, 7) is 0. The van der Waals surface area contributed by atoms with Crippen molar-refractivity contribution >= 4 is 46.8 Å². The minimum absolute atomic E-state index is 0.899. The van der Waals surface area contributed by atoms with Gasteiger partial charge in [-0.25, -0.2) is 0 Å². The predicted molar refractivity (Wildman–Crippen MR) is 143 cm³/mol. The fourth-order valence-electron chi connectivity index (χ4n) is 4.04. The lowest BCUT2D eigenvalue weighted by Crippen LogP contribution is -2.13. The second kappa shape index (κ2) is 9.68. The summed E-state index contributed by atoms with van der Waals surface area (Å²) in [7, 11) is 0. The third-order valence-electron chi connectivity index (χ3n) is 5.46. The van der Waals surface area contributed by atoms with E-state index in [4.69, 9.17) is 12.6 Å². The van der Waals surface area contributed by atoms with Crippen molar-refractivity contribution in [2.24, 2.45) is 0 Å².